The second-order valence-electron chi connectivity index (χ2n) is 4.01. The van der Waals surface area contributed by atoms with Gasteiger partial charge >= 0.3 is 5.97 Å². The number of aromatic carboxylic acids is 1. The zero-order valence-electron chi connectivity index (χ0n) is 10.1. The van der Waals surface area contributed by atoms with Crippen LogP contribution in [0.25, 0.3) is 0 Å². The highest BCUT2D eigenvalue weighted by atomic mass is 127. The lowest BCUT2D eigenvalue weighted by Crippen LogP contribution is -2.00. The monoisotopic (exact) mass is 496 g/mol. The lowest BCUT2D eigenvalue weighted by Gasteiger charge is -2.09. The van der Waals surface area contributed by atoms with E-state index in [4.69, 9.17) is 9.84 Å². The van der Waals surface area contributed by atoms with Gasteiger partial charge in [0.2, 0.25) is 0 Å². The van der Waals surface area contributed by atoms with E-state index in [-0.39, 0.29) is 11.3 Å². The maximum absolute atomic E-state index is 10.8. The number of hydrogen-bond acceptors (Lipinski definition) is 3. The number of ether oxygens (including phenoxy) is 1. The van der Waals surface area contributed by atoms with Gasteiger partial charge in [0.1, 0.15) is 23.7 Å². The van der Waals surface area contributed by atoms with E-state index < -0.39 is 5.97 Å². The number of aromatic hydroxyl groups is 1. The molecular formula is C14H10I2O4. The zero-order chi connectivity index (χ0) is 14.7. The fraction of sp³-hybridized carbons (Fsp3) is 0.0714. The van der Waals surface area contributed by atoms with Crippen LogP contribution in [0.1, 0.15) is 15.9 Å². The molecule has 6 heteroatoms. The predicted molar refractivity (Wildman–Crippen MR) is 91.3 cm³/mol. The van der Waals surface area contributed by atoms with Crippen LogP contribution in [0.5, 0.6) is 11.5 Å². The highest BCUT2D eigenvalue weighted by molar-refractivity contribution is 14.1. The van der Waals surface area contributed by atoms with Gasteiger partial charge in [0, 0.05) is 18.8 Å². The van der Waals surface area contributed by atoms with Crippen molar-refractivity contribution in [2.45, 2.75) is 6.61 Å². The summed E-state index contributed by atoms with van der Waals surface area (Å²) in [7, 11) is 0. The van der Waals surface area contributed by atoms with E-state index in [0.29, 0.717) is 12.4 Å². The molecule has 20 heavy (non-hydrogen) atoms. The normalized spacial score (nSPS) is 10.3. The van der Waals surface area contributed by atoms with Crippen LogP contribution in [0.15, 0.2) is 36.4 Å². The van der Waals surface area contributed by atoms with Gasteiger partial charge in [-0.05, 0) is 69.4 Å². The van der Waals surface area contributed by atoms with Crippen LogP contribution in [0.4, 0.5) is 0 Å². The Morgan fingerprint density at radius 1 is 1.15 bits per heavy atom. The first kappa shape index (κ1) is 15.4. The number of rotatable bonds is 4. The molecule has 0 amide bonds. The molecule has 4 nitrogen and oxygen atoms in total. The SMILES string of the molecule is O=C(O)c1ccc(OCc2ccc(I)cc2I)cc1O. The Kier molecular flexibility index (Phi) is 5.08. The molecule has 0 heterocycles. The van der Waals surface area contributed by atoms with Crippen molar-refractivity contribution in [3.8, 4) is 11.5 Å². The highest BCUT2D eigenvalue weighted by Gasteiger charge is 2.10. The van der Waals surface area contributed by atoms with E-state index in [9.17, 15) is 9.90 Å². The van der Waals surface area contributed by atoms with Crippen molar-refractivity contribution < 1.29 is 19.7 Å². The van der Waals surface area contributed by atoms with Crippen LogP contribution in [0, 0.1) is 7.14 Å². The molecule has 0 radical (unpaired) electrons. The summed E-state index contributed by atoms with van der Waals surface area (Å²) >= 11 is 4.48. The molecule has 0 aromatic heterocycles. The summed E-state index contributed by atoms with van der Waals surface area (Å²) in [4.78, 5) is 10.8. The van der Waals surface area contributed by atoms with Gasteiger partial charge in [-0.25, -0.2) is 4.79 Å². The molecule has 0 fully saturated rings. The molecule has 0 saturated heterocycles. The Morgan fingerprint density at radius 3 is 2.50 bits per heavy atom. The lowest BCUT2D eigenvalue weighted by molar-refractivity contribution is 0.0693. The van der Waals surface area contributed by atoms with Crippen molar-refractivity contribution in [2.24, 2.45) is 0 Å². The number of carbonyl (C=O) groups is 1. The number of hydrogen-bond donors (Lipinski definition) is 2. The number of halogens is 2. The standard InChI is InChI=1S/C14H10I2O4/c15-9-2-1-8(12(16)5-9)7-20-10-3-4-11(14(18)19)13(17)6-10/h1-6,17H,7H2,(H,18,19). The third-order valence-corrected chi connectivity index (χ3v) is 4.28. The van der Waals surface area contributed by atoms with Gasteiger partial charge in [-0.1, -0.05) is 6.07 Å². The molecule has 0 spiro atoms. The van der Waals surface area contributed by atoms with Crippen molar-refractivity contribution in [1.29, 1.82) is 0 Å². The lowest BCUT2D eigenvalue weighted by atomic mass is 10.2. The average Bonchev–Trinajstić information content (AvgIpc) is 2.37. The van der Waals surface area contributed by atoms with E-state index in [1.807, 2.05) is 18.2 Å². The third-order valence-electron chi connectivity index (χ3n) is 2.61. The summed E-state index contributed by atoms with van der Waals surface area (Å²) in [6.45, 7) is 0.362. The summed E-state index contributed by atoms with van der Waals surface area (Å²) in [6, 6.07) is 10.2. The summed E-state index contributed by atoms with van der Waals surface area (Å²) < 4.78 is 7.82. The molecule has 2 N–H and O–H groups in total. The molecule has 2 rings (SSSR count). The Bertz CT molecular complexity index is 656. The molecule has 2 aromatic rings. The summed E-state index contributed by atoms with van der Waals surface area (Å²) in [6.07, 6.45) is 0. The van der Waals surface area contributed by atoms with E-state index in [2.05, 4.69) is 45.2 Å². The van der Waals surface area contributed by atoms with E-state index in [1.165, 1.54) is 18.2 Å². The number of carboxylic acid groups (broad SMARTS) is 1. The molecule has 0 aliphatic carbocycles. The minimum atomic E-state index is -1.17. The molecule has 104 valence electrons. The molecule has 0 bridgehead atoms. The third kappa shape index (κ3) is 3.75. The van der Waals surface area contributed by atoms with Gasteiger partial charge < -0.3 is 14.9 Å². The first-order valence-electron chi connectivity index (χ1n) is 5.60. The number of carboxylic acids is 1. The average molecular weight is 496 g/mol. The first-order chi connectivity index (χ1) is 9.47. The molecular weight excluding hydrogens is 486 g/mol. The van der Waals surface area contributed by atoms with Crippen molar-refractivity contribution in [2.75, 3.05) is 0 Å². The van der Waals surface area contributed by atoms with Gasteiger partial charge in [-0.15, -0.1) is 0 Å². The number of benzene rings is 2. The smallest absolute Gasteiger partial charge is 0.339 e. The Hall–Kier alpha value is -1.03. The van der Waals surface area contributed by atoms with Crippen LogP contribution in [-0.4, -0.2) is 16.2 Å². The first-order valence-corrected chi connectivity index (χ1v) is 7.76. The highest BCUT2D eigenvalue weighted by Crippen LogP contribution is 2.25. The molecule has 0 aliphatic rings. The molecule has 0 saturated carbocycles. The van der Waals surface area contributed by atoms with Gasteiger partial charge in [-0.2, -0.15) is 0 Å². The molecule has 2 aromatic carbocycles. The maximum Gasteiger partial charge on any atom is 0.339 e. The van der Waals surface area contributed by atoms with Crippen molar-refractivity contribution in [1.82, 2.24) is 0 Å². The van der Waals surface area contributed by atoms with Crippen LogP contribution < -0.4 is 4.74 Å². The molecule has 0 aliphatic heterocycles. The van der Waals surface area contributed by atoms with E-state index >= 15 is 0 Å². The second-order valence-corrected chi connectivity index (χ2v) is 6.42. The maximum atomic E-state index is 10.8. The summed E-state index contributed by atoms with van der Waals surface area (Å²) in [5, 5.41) is 18.4. The molecule has 0 atom stereocenters. The van der Waals surface area contributed by atoms with Crippen LogP contribution >= 0.6 is 45.2 Å². The van der Waals surface area contributed by atoms with Gasteiger partial charge in [-0.3, -0.25) is 0 Å². The summed E-state index contributed by atoms with van der Waals surface area (Å²) in [5.74, 6) is -1.03. The van der Waals surface area contributed by atoms with Crippen LogP contribution in [0.2, 0.25) is 0 Å². The Balaban J connectivity index is 2.11. The largest absolute Gasteiger partial charge is 0.507 e. The zero-order valence-corrected chi connectivity index (χ0v) is 14.5. The molecule has 0 unspecified atom stereocenters. The van der Waals surface area contributed by atoms with Gasteiger partial charge in [0.05, 0.1) is 0 Å². The predicted octanol–water partition coefficient (Wildman–Crippen LogP) is 3.88. The quantitative estimate of drug-likeness (QED) is 0.632. The topological polar surface area (TPSA) is 66.8 Å². The van der Waals surface area contributed by atoms with Crippen molar-refractivity contribution >= 4 is 51.2 Å². The second kappa shape index (κ2) is 6.61. The summed E-state index contributed by atoms with van der Waals surface area (Å²) in [5.41, 5.74) is 0.897. The van der Waals surface area contributed by atoms with Crippen molar-refractivity contribution in [3.63, 3.8) is 0 Å². The number of phenols is 1. The fourth-order valence-corrected chi connectivity index (χ4v) is 3.34. The minimum Gasteiger partial charge on any atom is -0.507 e. The van der Waals surface area contributed by atoms with Crippen LogP contribution in [-0.2, 0) is 6.61 Å². The van der Waals surface area contributed by atoms with E-state index in [1.54, 1.807) is 0 Å². The van der Waals surface area contributed by atoms with Crippen LogP contribution in [0.3, 0.4) is 0 Å². The Labute approximate surface area is 143 Å². The van der Waals surface area contributed by atoms with Gasteiger partial charge in [0.25, 0.3) is 0 Å². The van der Waals surface area contributed by atoms with Crippen molar-refractivity contribution in [3.05, 3.63) is 54.7 Å². The fourth-order valence-electron chi connectivity index (χ4n) is 1.58. The minimum absolute atomic E-state index is 0.138. The Morgan fingerprint density at radius 2 is 1.90 bits per heavy atom. The van der Waals surface area contributed by atoms with Gasteiger partial charge in [0.15, 0.2) is 0 Å². The van der Waals surface area contributed by atoms with E-state index in [0.717, 1.165) is 12.7 Å².